The zero-order valence-electron chi connectivity index (χ0n) is 9.57. The maximum atomic E-state index is 10.7. The van der Waals surface area contributed by atoms with Crippen LogP contribution >= 0.6 is 34.0 Å². The quantitative estimate of drug-likeness (QED) is 0.799. The van der Waals surface area contributed by atoms with Gasteiger partial charge >= 0.3 is 5.97 Å². The van der Waals surface area contributed by atoms with Crippen LogP contribution in [0.3, 0.4) is 0 Å². The van der Waals surface area contributed by atoms with Gasteiger partial charge in [-0.05, 0) is 12.1 Å². The maximum Gasteiger partial charge on any atom is 0.308 e. The van der Waals surface area contributed by atoms with Crippen molar-refractivity contribution in [2.24, 2.45) is 0 Å². The van der Waals surface area contributed by atoms with Gasteiger partial charge in [-0.2, -0.15) is 0 Å². The molecule has 7 heteroatoms. The van der Waals surface area contributed by atoms with E-state index in [-0.39, 0.29) is 6.42 Å². The minimum atomic E-state index is -0.810. The Balaban J connectivity index is 1.86. The highest BCUT2D eigenvalue weighted by molar-refractivity contribution is 7.17. The molecule has 0 bridgehead atoms. The van der Waals surface area contributed by atoms with Crippen molar-refractivity contribution in [3.63, 3.8) is 0 Å². The first-order valence-electron chi connectivity index (χ1n) is 5.37. The van der Waals surface area contributed by atoms with Crippen molar-refractivity contribution in [1.29, 1.82) is 0 Å². The van der Waals surface area contributed by atoms with Gasteiger partial charge < -0.3 is 5.11 Å². The summed E-state index contributed by atoms with van der Waals surface area (Å²) in [4.78, 5) is 21.3. The van der Waals surface area contributed by atoms with Crippen LogP contribution in [0.25, 0.3) is 21.3 Å². The maximum absolute atomic E-state index is 10.7. The number of thiazole rings is 2. The van der Waals surface area contributed by atoms with Crippen molar-refractivity contribution in [2.75, 3.05) is 0 Å². The lowest BCUT2D eigenvalue weighted by Gasteiger charge is -1.90. The molecule has 3 rings (SSSR count). The molecule has 0 saturated heterocycles. The number of hydrogen-bond donors (Lipinski definition) is 1. The lowest BCUT2D eigenvalue weighted by Crippen LogP contribution is -1.96. The monoisotopic (exact) mass is 308 g/mol. The van der Waals surface area contributed by atoms with Gasteiger partial charge in [-0.1, -0.05) is 0 Å². The van der Waals surface area contributed by atoms with E-state index >= 15 is 0 Å². The van der Waals surface area contributed by atoms with Crippen LogP contribution < -0.4 is 0 Å². The summed E-state index contributed by atoms with van der Waals surface area (Å²) in [6.07, 6.45) is 0.0632. The van der Waals surface area contributed by atoms with E-state index in [4.69, 9.17) is 5.11 Å². The van der Waals surface area contributed by atoms with Crippen LogP contribution in [0.15, 0.2) is 28.4 Å². The molecule has 0 atom stereocenters. The summed E-state index contributed by atoms with van der Waals surface area (Å²) < 4.78 is 0. The molecular formula is C12H8N2O2S3. The zero-order valence-corrected chi connectivity index (χ0v) is 12.0. The summed E-state index contributed by atoms with van der Waals surface area (Å²) in [7, 11) is 0. The third-order valence-electron chi connectivity index (χ3n) is 2.40. The van der Waals surface area contributed by atoms with E-state index in [2.05, 4.69) is 9.97 Å². The molecule has 0 spiro atoms. The first-order chi connectivity index (χ1) is 9.22. The fourth-order valence-corrected chi connectivity index (χ4v) is 4.01. The number of carboxylic acid groups (broad SMARTS) is 1. The van der Waals surface area contributed by atoms with Gasteiger partial charge in [0, 0.05) is 15.6 Å². The SMILES string of the molecule is O=C(O)Cc1ccc(-c2csc(-c3cscn3)n2)s1. The van der Waals surface area contributed by atoms with E-state index in [0.29, 0.717) is 0 Å². The summed E-state index contributed by atoms with van der Waals surface area (Å²) in [6.45, 7) is 0. The van der Waals surface area contributed by atoms with Gasteiger partial charge in [-0.15, -0.1) is 34.0 Å². The van der Waals surface area contributed by atoms with E-state index in [0.717, 1.165) is 26.1 Å². The Kier molecular flexibility index (Phi) is 3.41. The van der Waals surface area contributed by atoms with Crippen LogP contribution in [0.2, 0.25) is 0 Å². The smallest absolute Gasteiger partial charge is 0.308 e. The van der Waals surface area contributed by atoms with E-state index in [9.17, 15) is 4.79 Å². The lowest BCUT2D eigenvalue weighted by molar-refractivity contribution is -0.136. The van der Waals surface area contributed by atoms with E-state index in [1.807, 2.05) is 22.9 Å². The number of nitrogens with zero attached hydrogens (tertiary/aromatic N) is 2. The highest BCUT2D eigenvalue weighted by atomic mass is 32.1. The Morgan fingerprint density at radius 1 is 1.26 bits per heavy atom. The Hall–Kier alpha value is -1.57. The second-order valence-electron chi connectivity index (χ2n) is 3.75. The molecule has 19 heavy (non-hydrogen) atoms. The average molecular weight is 308 g/mol. The Morgan fingerprint density at radius 3 is 2.89 bits per heavy atom. The predicted molar refractivity (Wildman–Crippen MR) is 77.9 cm³/mol. The number of aliphatic carboxylic acids is 1. The second-order valence-corrected chi connectivity index (χ2v) is 6.49. The van der Waals surface area contributed by atoms with Crippen molar-refractivity contribution in [3.8, 4) is 21.3 Å². The van der Waals surface area contributed by atoms with Gasteiger partial charge in [-0.25, -0.2) is 9.97 Å². The van der Waals surface area contributed by atoms with Gasteiger partial charge in [0.05, 0.1) is 22.5 Å². The van der Waals surface area contributed by atoms with Crippen LogP contribution in [-0.4, -0.2) is 21.0 Å². The number of aromatic nitrogens is 2. The molecule has 0 unspecified atom stereocenters. The molecule has 0 radical (unpaired) electrons. The summed E-state index contributed by atoms with van der Waals surface area (Å²) >= 11 is 4.56. The normalized spacial score (nSPS) is 10.7. The largest absolute Gasteiger partial charge is 0.481 e. The summed E-state index contributed by atoms with van der Waals surface area (Å²) in [5.41, 5.74) is 3.56. The van der Waals surface area contributed by atoms with Gasteiger partial charge in [0.15, 0.2) is 0 Å². The van der Waals surface area contributed by atoms with Crippen molar-refractivity contribution in [3.05, 3.63) is 33.3 Å². The van der Waals surface area contributed by atoms with Crippen LogP contribution in [-0.2, 0) is 11.2 Å². The molecule has 96 valence electrons. The summed E-state index contributed by atoms with van der Waals surface area (Å²) in [6, 6.07) is 3.76. The molecule has 0 fully saturated rings. The fourth-order valence-electron chi connectivity index (χ4n) is 1.58. The number of rotatable bonds is 4. The molecule has 0 aliphatic heterocycles. The fraction of sp³-hybridized carbons (Fsp3) is 0.0833. The van der Waals surface area contributed by atoms with E-state index in [1.54, 1.807) is 28.2 Å². The Labute approximate surface area is 121 Å². The van der Waals surface area contributed by atoms with Crippen molar-refractivity contribution >= 4 is 40.0 Å². The van der Waals surface area contributed by atoms with Crippen LogP contribution in [0.1, 0.15) is 4.88 Å². The molecule has 0 aliphatic carbocycles. The van der Waals surface area contributed by atoms with Crippen molar-refractivity contribution in [1.82, 2.24) is 9.97 Å². The number of carbonyl (C=O) groups is 1. The molecule has 3 aromatic heterocycles. The highest BCUT2D eigenvalue weighted by Crippen LogP contribution is 2.32. The molecule has 0 saturated carbocycles. The number of hydrogen-bond acceptors (Lipinski definition) is 6. The molecule has 0 amide bonds. The molecule has 0 aromatic carbocycles. The molecule has 4 nitrogen and oxygen atoms in total. The van der Waals surface area contributed by atoms with E-state index < -0.39 is 5.97 Å². The van der Waals surface area contributed by atoms with E-state index in [1.165, 1.54) is 11.3 Å². The summed E-state index contributed by atoms with van der Waals surface area (Å²) in [5, 5.41) is 13.6. The topological polar surface area (TPSA) is 63.1 Å². The zero-order chi connectivity index (χ0) is 13.2. The van der Waals surface area contributed by atoms with Gasteiger partial charge in [0.1, 0.15) is 10.7 Å². The van der Waals surface area contributed by atoms with Gasteiger partial charge in [-0.3, -0.25) is 4.79 Å². The molecule has 0 aliphatic rings. The third-order valence-corrected chi connectivity index (χ3v) is 4.95. The number of thiophene rings is 1. The number of carboxylic acids is 1. The average Bonchev–Trinajstić information content (AvgIpc) is 3.09. The van der Waals surface area contributed by atoms with Crippen molar-refractivity contribution < 1.29 is 9.90 Å². The van der Waals surface area contributed by atoms with Gasteiger partial charge in [0.2, 0.25) is 0 Å². The van der Waals surface area contributed by atoms with Gasteiger partial charge in [0.25, 0.3) is 0 Å². The standard InChI is InChI=1S/C12H8N2O2S3/c15-11(16)3-7-1-2-10(19-7)8-5-18-12(14-8)9-4-17-6-13-9/h1-2,4-6H,3H2,(H,15,16). The third kappa shape index (κ3) is 2.73. The molecular weight excluding hydrogens is 300 g/mol. The molecule has 3 heterocycles. The molecule has 3 aromatic rings. The van der Waals surface area contributed by atoms with Crippen molar-refractivity contribution in [2.45, 2.75) is 6.42 Å². The summed E-state index contributed by atoms with van der Waals surface area (Å²) in [5.74, 6) is -0.810. The predicted octanol–water partition coefficient (Wildman–Crippen LogP) is 3.62. The first kappa shape index (κ1) is 12.5. The second kappa shape index (κ2) is 5.20. The van der Waals surface area contributed by atoms with Crippen LogP contribution in [0, 0.1) is 0 Å². The Bertz CT molecular complexity index is 700. The molecule has 1 N–H and O–H groups in total. The minimum absolute atomic E-state index is 0.0632. The Morgan fingerprint density at radius 2 is 2.16 bits per heavy atom. The van der Waals surface area contributed by atoms with Crippen LogP contribution in [0.4, 0.5) is 0 Å². The highest BCUT2D eigenvalue weighted by Gasteiger charge is 2.11. The van der Waals surface area contributed by atoms with Crippen LogP contribution in [0.5, 0.6) is 0 Å². The lowest BCUT2D eigenvalue weighted by atomic mass is 10.3. The first-order valence-corrected chi connectivity index (χ1v) is 8.01. The minimum Gasteiger partial charge on any atom is -0.481 e.